The Morgan fingerprint density at radius 2 is 1.88 bits per heavy atom. The van der Waals surface area contributed by atoms with Crippen molar-refractivity contribution in [1.29, 1.82) is 0 Å². The smallest absolute Gasteiger partial charge is 0.233 e. The summed E-state index contributed by atoms with van der Waals surface area (Å²) in [6.07, 6.45) is 5.80. The first-order valence-corrected chi connectivity index (χ1v) is 9.81. The molecule has 1 aromatic carbocycles. The monoisotopic (exact) mass is 348 g/mol. The van der Waals surface area contributed by atoms with Gasteiger partial charge < -0.3 is 15.8 Å². The first-order chi connectivity index (χ1) is 11.6. The molecule has 0 radical (unpaired) electrons. The van der Waals surface area contributed by atoms with Crippen LogP contribution in [0.2, 0.25) is 0 Å². The molecule has 3 atom stereocenters. The van der Waals surface area contributed by atoms with Gasteiger partial charge in [0.05, 0.1) is 12.4 Å². The molecule has 0 aliphatic heterocycles. The van der Waals surface area contributed by atoms with Crippen LogP contribution < -0.4 is 15.8 Å². The molecule has 1 amide bonds. The van der Waals surface area contributed by atoms with Crippen molar-refractivity contribution in [2.24, 2.45) is 17.6 Å². The molecule has 2 aliphatic rings. The largest absolute Gasteiger partial charge is 0.497 e. The van der Waals surface area contributed by atoms with E-state index in [2.05, 4.69) is 5.32 Å². The van der Waals surface area contributed by atoms with E-state index in [9.17, 15) is 4.79 Å². The van der Waals surface area contributed by atoms with Crippen LogP contribution in [-0.4, -0.2) is 30.4 Å². The van der Waals surface area contributed by atoms with Gasteiger partial charge in [-0.05, 0) is 68.7 Å². The molecule has 5 heteroatoms. The number of carbonyl (C=O) groups excluding carboxylic acids is 1. The minimum Gasteiger partial charge on any atom is -0.497 e. The first-order valence-electron chi connectivity index (χ1n) is 8.93. The molecule has 2 bridgehead atoms. The van der Waals surface area contributed by atoms with Gasteiger partial charge in [0.2, 0.25) is 5.91 Å². The topological polar surface area (TPSA) is 64.3 Å². The summed E-state index contributed by atoms with van der Waals surface area (Å²) in [5.74, 6) is 2.11. The maximum atomic E-state index is 12.7. The molecule has 0 spiro atoms. The van der Waals surface area contributed by atoms with Crippen LogP contribution in [0.5, 0.6) is 5.75 Å². The minimum atomic E-state index is -0.102. The Balaban J connectivity index is 1.57. The molecule has 2 fully saturated rings. The zero-order chi connectivity index (χ0) is 17.1. The van der Waals surface area contributed by atoms with Gasteiger partial charge in [0.15, 0.2) is 0 Å². The molecule has 0 saturated heterocycles. The Kier molecular flexibility index (Phi) is 5.72. The number of nitrogens with one attached hydrogen (secondary N) is 1. The number of fused-ring (bicyclic) bond motifs is 2. The van der Waals surface area contributed by atoms with Gasteiger partial charge in [-0.25, -0.2) is 0 Å². The molecule has 0 aromatic heterocycles. The van der Waals surface area contributed by atoms with E-state index in [4.69, 9.17) is 10.5 Å². The summed E-state index contributed by atoms with van der Waals surface area (Å²) in [5, 5.41) is 3.24. The van der Waals surface area contributed by atoms with Gasteiger partial charge in [0.1, 0.15) is 5.75 Å². The molecule has 3 unspecified atom stereocenters. The normalized spacial score (nSPS) is 30.5. The lowest BCUT2D eigenvalue weighted by Crippen LogP contribution is -2.54. The van der Waals surface area contributed by atoms with Gasteiger partial charge in [-0.1, -0.05) is 6.42 Å². The highest BCUT2D eigenvalue weighted by Crippen LogP contribution is 2.40. The van der Waals surface area contributed by atoms with E-state index in [0.717, 1.165) is 23.5 Å². The van der Waals surface area contributed by atoms with Crippen LogP contribution in [0.3, 0.4) is 0 Å². The molecule has 4 nitrogen and oxygen atoms in total. The number of thioether (sulfide) groups is 1. The Hall–Kier alpha value is -1.20. The lowest BCUT2D eigenvalue weighted by Gasteiger charge is -2.45. The minimum absolute atomic E-state index is 0.102. The number of hydrogen-bond acceptors (Lipinski definition) is 4. The van der Waals surface area contributed by atoms with E-state index in [-0.39, 0.29) is 11.2 Å². The van der Waals surface area contributed by atoms with E-state index in [1.54, 1.807) is 18.9 Å². The molecule has 24 heavy (non-hydrogen) atoms. The summed E-state index contributed by atoms with van der Waals surface area (Å²) in [6, 6.07) is 8.51. The van der Waals surface area contributed by atoms with Crippen LogP contribution in [0.1, 0.15) is 39.0 Å². The number of hydrogen-bond donors (Lipinski definition) is 2. The highest BCUT2D eigenvalue weighted by molar-refractivity contribution is 8.00. The zero-order valence-electron chi connectivity index (χ0n) is 14.5. The van der Waals surface area contributed by atoms with Crippen molar-refractivity contribution in [2.45, 2.75) is 61.3 Å². The predicted octanol–water partition coefficient (Wildman–Crippen LogP) is 3.20. The van der Waals surface area contributed by atoms with E-state index in [1.165, 1.54) is 19.3 Å². The maximum absolute atomic E-state index is 12.7. The second kappa shape index (κ2) is 7.79. The molecule has 3 N–H and O–H groups in total. The quantitative estimate of drug-likeness (QED) is 0.802. The van der Waals surface area contributed by atoms with E-state index in [1.807, 2.05) is 31.2 Å². The van der Waals surface area contributed by atoms with Crippen LogP contribution in [0.25, 0.3) is 0 Å². The zero-order valence-corrected chi connectivity index (χ0v) is 15.4. The maximum Gasteiger partial charge on any atom is 0.233 e. The molecule has 132 valence electrons. The summed E-state index contributed by atoms with van der Waals surface area (Å²) < 4.78 is 5.17. The third kappa shape index (κ3) is 4.06. The lowest BCUT2D eigenvalue weighted by molar-refractivity contribution is -0.122. The predicted molar refractivity (Wildman–Crippen MR) is 98.3 cm³/mol. The van der Waals surface area contributed by atoms with E-state index < -0.39 is 0 Å². The number of carbonyl (C=O) groups is 1. The average molecular weight is 349 g/mol. The standard InChI is InChI=1S/C19H28N2O2S/c1-12(24-17-8-6-16(23-2)7-9-17)19(22)21-18-13-4-3-5-14(18)11-15(20)10-13/h6-9,12-15,18H,3-5,10-11,20H2,1-2H3,(H,21,22). The molecule has 0 heterocycles. The fraction of sp³-hybridized carbons (Fsp3) is 0.632. The second-order valence-electron chi connectivity index (χ2n) is 7.15. The number of ether oxygens (including phenoxy) is 1. The number of nitrogens with two attached hydrogens (primary N) is 1. The summed E-state index contributed by atoms with van der Waals surface area (Å²) in [7, 11) is 1.66. The summed E-state index contributed by atoms with van der Waals surface area (Å²) >= 11 is 1.60. The van der Waals surface area contributed by atoms with Gasteiger partial charge in [0.25, 0.3) is 0 Å². The van der Waals surface area contributed by atoms with Crippen LogP contribution in [-0.2, 0) is 4.79 Å². The number of benzene rings is 1. The van der Waals surface area contributed by atoms with Crippen molar-refractivity contribution in [3.63, 3.8) is 0 Å². The third-order valence-corrected chi connectivity index (χ3v) is 6.54. The molecular formula is C19H28N2O2S. The summed E-state index contributed by atoms with van der Waals surface area (Å²) in [4.78, 5) is 13.8. The van der Waals surface area contributed by atoms with Crippen molar-refractivity contribution >= 4 is 17.7 Å². The summed E-state index contributed by atoms with van der Waals surface area (Å²) in [5.41, 5.74) is 6.18. The van der Waals surface area contributed by atoms with Crippen LogP contribution in [0.4, 0.5) is 0 Å². The van der Waals surface area contributed by atoms with E-state index in [0.29, 0.717) is 23.9 Å². The van der Waals surface area contributed by atoms with Crippen molar-refractivity contribution in [2.75, 3.05) is 7.11 Å². The highest BCUT2D eigenvalue weighted by atomic mass is 32.2. The Bertz CT molecular complexity index is 549. The van der Waals surface area contributed by atoms with Crippen LogP contribution in [0.15, 0.2) is 29.2 Å². The average Bonchev–Trinajstić information content (AvgIpc) is 2.56. The van der Waals surface area contributed by atoms with Gasteiger partial charge in [0, 0.05) is 17.0 Å². The van der Waals surface area contributed by atoms with Crippen molar-refractivity contribution in [3.05, 3.63) is 24.3 Å². The Morgan fingerprint density at radius 3 is 2.46 bits per heavy atom. The van der Waals surface area contributed by atoms with Gasteiger partial charge >= 0.3 is 0 Å². The van der Waals surface area contributed by atoms with Crippen molar-refractivity contribution in [3.8, 4) is 5.75 Å². The molecule has 2 saturated carbocycles. The van der Waals surface area contributed by atoms with Crippen LogP contribution >= 0.6 is 11.8 Å². The third-order valence-electron chi connectivity index (χ3n) is 5.43. The van der Waals surface area contributed by atoms with Crippen LogP contribution in [0, 0.1) is 11.8 Å². The van der Waals surface area contributed by atoms with Crippen molar-refractivity contribution in [1.82, 2.24) is 5.32 Å². The summed E-state index contributed by atoms with van der Waals surface area (Å²) in [6.45, 7) is 1.98. The Morgan fingerprint density at radius 1 is 1.25 bits per heavy atom. The second-order valence-corrected chi connectivity index (χ2v) is 8.57. The first kappa shape index (κ1) is 17.6. The highest BCUT2D eigenvalue weighted by Gasteiger charge is 2.40. The van der Waals surface area contributed by atoms with Gasteiger partial charge in [-0.2, -0.15) is 0 Å². The van der Waals surface area contributed by atoms with Gasteiger partial charge in [-0.3, -0.25) is 4.79 Å². The lowest BCUT2D eigenvalue weighted by atomic mass is 9.67. The number of amides is 1. The molecule has 3 rings (SSSR count). The SMILES string of the molecule is COc1ccc(SC(C)C(=O)NC2C3CCCC2CC(N)C3)cc1. The Labute approximate surface area is 148 Å². The fourth-order valence-corrected chi connectivity index (χ4v) is 5.09. The van der Waals surface area contributed by atoms with E-state index >= 15 is 0 Å². The molecule has 1 aromatic rings. The van der Waals surface area contributed by atoms with Crippen molar-refractivity contribution < 1.29 is 9.53 Å². The number of methoxy groups -OCH3 is 1. The van der Waals surface area contributed by atoms with Gasteiger partial charge in [-0.15, -0.1) is 11.8 Å². The number of rotatable bonds is 5. The molecule has 2 aliphatic carbocycles. The molecular weight excluding hydrogens is 320 g/mol. The fourth-order valence-electron chi connectivity index (χ4n) is 4.22.